The van der Waals surface area contributed by atoms with Crippen molar-refractivity contribution in [1.29, 1.82) is 0 Å². The highest BCUT2D eigenvalue weighted by atomic mass is 16.5. The second kappa shape index (κ2) is 8.50. The number of amides is 3. The number of hydrogen-bond donors (Lipinski definition) is 2. The number of nitrogens with one attached hydrogen (secondary N) is 2. The van der Waals surface area contributed by atoms with Crippen LogP contribution in [-0.2, 0) is 11.3 Å². The van der Waals surface area contributed by atoms with Crippen molar-refractivity contribution in [1.82, 2.24) is 9.88 Å². The Morgan fingerprint density at radius 2 is 2.11 bits per heavy atom. The fourth-order valence-electron chi connectivity index (χ4n) is 2.86. The molecule has 1 fully saturated rings. The molecule has 2 aromatic rings. The summed E-state index contributed by atoms with van der Waals surface area (Å²) in [4.78, 5) is 38.0. The first-order chi connectivity index (χ1) is 13.1. The Kier molecular flexibility index (Phi) is 5.87. The molecule has 8 nitrogen and oxygen atoms in total. The Morgan fingerprint density at radius 3 is 2.89 bits per heavy atom. The molecule has 3 rings (SSSR count). The van der Waals surface area contributed by atoms with Crippen molar-refractivity contribution in [3.63, 3.8) is 0 Å². The molecule has 0 spiro atoms. The minimum atomic E-state index is -0.332. The average Bonchev–Trinajstić information content (AvgIpc) is 2.68. The van der Waals surface area contributed by atoms with E-state index in [4.69, 9.17) is 4.74 Å². The van der Waals surface area contributed by atoms with Crippen LogP contribution in [0.15, 0.2) is 47.4 Å². The van der Waals surface area contributed by atoms with Gasteiger partial charge in [-0.1, -0.05) is 6.07 Å². The van der Waals surface area contributed by atoms with Gasteiger partial charge in [-0.05, 0) is 30.7 Å². The minimum Gasteiger partial charge on any atom is -0.383 e. The molecule has 27 heavy (non-hydrogen) atoms. The zero-order chi connectivity index (χ0) is 19.2. The lowest BCUT2D eigenvalue weighted by Gasteiger charge is -2.27. The number of hydrogen-bond acceptors (Lipinski definition) is 4. The highest BCUT2D eigenvalue weighted by Gasteiger charge is 2.19. The summed E-state index contributed by atoms with van der Waals surface area (Å²) in [6.45, 7) is 2.05. The van der Waals surface area contributed by atoms with Gasteiger partial charge in [0, 0.05) is 50.4 Å². The summed E-state index contributed by atoms with van der Waals surface area (Å²) in [7, 11) is 1.55. The van der Waals surface area contributed by atoms with E-state index in [9.17, 15) is 14.4 Å². The van der Waals surface area contributed by atoms with Crippen LogP contribution in [0.25, 0.3) is 0 Å². The first kappa shape index (κ1) is 18.7. The van der Waals surface area contributed by atoms with Crippen LogP contribution < -0.4 is 21.1 Å². The normalized spacial score (nSPS) is 14.0. The standard InChI is InChI=1S/C19H22N4O4/c1-27-11-10-22-13-14(6-7-17(22)24)18(25)21-15-4-2-5-16(12-15)23-9-3-8-20-19(23)26/h2,4-7,12-13H,3,8-11H2,1H3,(H,20,26)(H,21,25). The zero-order valence-electron chi connectivity index (χ0n) is 15.1. The molecule has 0 atom stereocenters. The number of nitrogens with zero attached hydrogens (tertiary/aromatic N) is 2. The number of benzene rings is 1. The van der Waals surface area contributed by atoms with E-state index < -0.39 is 0 Å². The van der Waals surface area contributed by atoms with E-state index in [1.54, 1.807) is 30.2 Å². The maximum atomic E-state index is 12.6. The number of pyridine rings is 1. The van der Waals surface area contributed by atoms with E-state index >= 15 is 0 Å². The predicted octanol–water partition coefficient (Wildman–Crippen LogP) is 1.67. The monoisotopic (exact) mass is 370 g/mol. The van der Waals surface area contributed by atoms with Crippen LogP contribution in [0.5, 0.6) is 0 Å². The zero-order valence-corrected chi connectivity index (χ0v) is 15.1. The van der Waals surface area contributed by atoms with Crippen molar-refractivity contribution < 1.29 is 14.3 Å². The largest absolute Gasteiger partial charge is 0.383 e. The summed E-state index contributed by atoms with van der Waals surface area (Å²) in [6, 6.07) is 9.82. The van der Waals surface area contributed by atoms with Crippen molar-refractivity contribution in [3.05, 3.63) is 58.5 Å². The fourth-order valence-corrected chi connectivity index (χ4v) is 2.86. The highest BCUT2D eigenvalue weighted by molar-refractivity contribution is 6.04. The van der Waals surface area contributed by atoms with Crippen LogP contribution in [0, 0.1) is 0 Å². The maximum Gasteiger partial charge on any atom is 0.321 e. The van der Waals surface area contributed by atoms with Gasteiger partial charge in [0.05, 0.1) is 12.2 Å². The summed E-state index contributed by atoms with van der Waals surface area (Å²) in [5.41, 5.74) is 1.47. The Hall–Kier alpha value is -3.13. The SMILES string of the molecule is COCCn1cc(C(=O)Nc2cccc(N3CCCNC3=O)c2)ccc1=O. The Balaban J connectivity index is 1.75. The van der Waals surface area contributed by atoms with Crippen LogP contribution in [-0.4, -0.2) is 43.3 Å². The molecule has 1 aromatic carbocycles. The van der Waals surface area contributed by atoms with Gasteiger partial charge in [-0.2, -0.15) is 0 Å². The summed E-state index contributed by atoms with van der Waals surface area (Å²) in [5.74, 6) is -0.332. The Bertz CT molecular complexity index is 893. The molecular weight excluding hydrogens is 348 g/mol. The van der Waals surface area contributed by atoms with Gasteiger partial charge in [0.15, 0.2) is 0 Å². The van der Waals surface area contributed by atoms with Crippen molar-refractivity contribution in [2.24, 2.45) is 0 Å². The van der Waals surface area contributed by atoms with Gasteiger partial charge < -0.3 is 19.9 Å². The predicted molar refractivity (Wildman–Crippen MR) is 102 cm³/mol. The van der Waals surface area contributed by atoms with Gasteiger partial charge in [-0.3, -0.25) is 14.5 Å². The van der Waals surface area contributed by atoms with E-state index in [-0.39, 0.29) is 17.5 Å². The third-order valence-electron chi connectivity index (χ3n) is 4.28. The van der Waals surface area contributed by atoms with E-state index in [0.717, 1.165) is 12.1 Å². The van der Waals surface area contributed by atoms with Crippen molar-refractivity contribution in [3.8, 4) is 0 Å². The number of ether oxygens (including phenoxy) is 1. The van der Waals surface area contributed by atoms with Gasteiger partial charge in [0.2, 0.25) is 0 Å². The van der Waals surface area contributed by atoms with Gasteiger partial charge in [0.25, 0.3) is 11.5 Å². The molecule has 3 amide bonds. The topological polar surface area (TPSA) is 92.7 Å². The molecule has 1 aliphatic rings. The number of methoxy groups -OCH3 is 1. The Labute approximate surface area is 156 Å². The summed E-state index contributed by atoms with van der Waals surface area (Å²) < 4.78 is 6.42. The third-order valence-corrected chi connectivity index (χ3v) is 4.28. The molecule has 0 unspecified atom stereocenters. The molecule has 2 N–H and O–H groups in total. The number of urea groups is 1. The fraction of sp³-hybridized carbons (Fsp3) is 0.316. The second-order valence-electron chi connectivity index (χ2n) is 6.18. The molecule has 0 radical (unpaired) electrons. The molecule has 0 bridgehead atoms. The smallest absolute Gasteiger partial charge is 0.321 e. The third kappa shape index (κ3) is 4.53. The van der Waals surface area contributed by atoms with E-state index in [0.29, 0.717) is 37.5 Å². The van der Waals surface area contributed by atoms with Crippen LogP contribution in [0.1, 0.15) is 16.8 Å². The van der Waals surface area contributed by atoms with E-state index in [1.165, 1.54) is 22.9 Å². The number of anilines is 2. The van der Waals surface area contributed by atoms with Crippen molar-refractivity contribution >= 4 is 23.3 Å². The maximum absolute atomic E-state index is 12.6. The summed E-state index contributed by atoms with van der Waals surface area (Å²) in [5, 5.41) is 5.61. The molecular formula is C19H22N4O4. The van der Waals surface area contributed by atoms with Gasteiger partial charge in [-0.15, -0.1) is 0 Å². The van der Waals surface area contributed by atoms with E-state index in [2.05, 4.69) is 10.6 Å². The molecule has 8 heteroatoms. The molecule has 1 aliphatic heterocycles. The molecule has 1 aromatic heterocycles. The molecule has 2 heterocycles. The number of aromatic nitrogens is 1. The number of rotatable bonds is 6. The molecule has 142 valence electrons. The number of carbonyl (C=O) groups excluding carboxylic acids is 2. The average molecular weight is 370 g/mol. The quantitative estimate of drug-likeness (QED) is 0.809. The highest BCUT2D eigenvalue weighted by Crippen LogP contribution is 2.21. The lowest BCUT2D eigenvalue weighted by atomic mass is 10.2. The minimum absolute atomic E-state index is 0.144. The lowest BCUT2D eigenvalue weighted by Crippen LogP contribution is -2.46. The van der Waals surface area contributed by atoms with Crippen LogP contribution in [0.3, 0.4) is 0 Å². The first-order valence-corrected chi connectivity index (χ1v) is 8.75. The molecule has 0 aliphatic carbocycles. The van der Waals surface area contributed by atoms with Gasteiger partial charge in [0.1, 0.15) is 0 Å². The van der Waals surface area contributed by atoms with Crippen LogP contribution >= 0.6 is 0 Å². The Morgan fingerprint density at radius 1 is 1.26 bits per heavy atom. The van der Waals surface area contributed by atoms with Crippen LogP contribution in [0.4, 0.5) is 16.2 Å². The van der Waals surface area contributed by atoms with Crippen molar-refractivity contribution in [2.45, 2.75) is 13.0 Å². The lowest BCUT2D eigenvalue weighted by molar-refractivity contribution is 0.102. The number of carbonyl (C=O) groups is 2. The second-order valence-corrected chi connectivity index (χ2v) is 6.18. The molecule has 0 saturated carbocycles. The van der Waals surface area contributed by atoms with Gasteiger partial charge >= 0.3 is 6.03 Å². The summed E-state index contributed by atoms with van der Waals surface area (Å²) in [6.07, 6.45) is 2.38. The summed E-state index contributed by atoms with van der Waals surface area (Å²) >= 11 is 0. The first-order valence-electron chi connectivity index (χ1n) is 8.75. The van der Waals surface area contributed by atoms with Gasteiger partial charge in [-0.25, -0.2) is 4.79 Å². The molecule has 1 saturated heterocycles. The van der Waals surface area contributed by atoms with Crippen LogP contribution in [0.2, 0.25) is 0 Å². The van der Waals surface area contributed by atoms with E-state index in [1.807, 2.05) is 6.07 Å². The van der Waals surface area contributed by atoms with Crippen molar-refractivity contribution in [2.75, 3.05) is 37.0 Å².